The SMILES string of the molecule is CN1CC[C@@](O)(C#Cc2cccc(-c3ccc4nccc(N5CCC5)c4c3)c2)C1=O. The van der Waals surface area contributed by atoms with E-state index in [0.717, 1.165) is 40.7 Å². The maximum absolute atomic E-state index is 12.1. The lowest BCUT2D eigenvalue weighted by molar-refractivity contribution is -0.137. The fraction of sp³-hybridized carbons (Fsp3) is 0.280. The molecule has 0 radical (unpaired) electrons. The first-order chi connectivity index (χ1) is 14.5. The number of carbonyl (C=O) groups is 1. The largest absolute Gasteiger partial charge is 0.371 e. The Hall–Kier alpha value is -3.36. The monoisotopic (exact) mass is 397 g/mol. The normalized spacial score (nSPS) is 20.8. The van der Waals surface area contributed by atoms with E-state index >= 15 is 0 Å². The van der Waals surface area contributed by atoms with E-state index in [0.29, 0.717) is 13.0 Å². The molecule has 1 atom stereocenters. The summed E-state index contributed by atoms with van der Waals surface area (Å²) in [6.45, 7) is 2.70. The number of likely N-dealkylation sites (tertiary alicyclic amines) is 1. The molecule has 1 amide bonds. The zero-order valence-electron chi connectivity index (χ0n) is 16.9. The molecule has 0 aliphatic carbocycles. The Bertz CT molecular complexity index is 1210. The van der Waals surface area contributed by atoms with Crippen LogP contribution >= 0.6 is 0 Å². The van der Waals surface area contributed by atoms with Crippen molar-refractivity contribution in [3.63, 3.8) is 0 Å². The summed E-state index contributed by atoms with van der Waals surface area (Å²) in [6, 6.07) is 16.3. The molecule has 0 bridgehead atoms. The number of nitrogens with zero attached hydrogens (tertiary/aromatic N) is 3. The maximum atomic E-state index is 12.1. The van der Waals surface area contributed by atoms with Crippen molar-refractivity contribution in [2.75, 3.05) is 31.6 Å². The predicted molar refractivity (Wildman–Crippen MR) is 118 cm³/mol. The van der Waals surface area contributed by atoms with Crippen molar-refractivity contribution in [1.82, 2.24) is 9.88 Å². The summed E-state index contributed by atoms with van der Waals surface area (Å²) in [7, 11) is 1.69. The third-order valence-corrected chi connectivity index (χ3v) is 6.03. The van der Waals surface area contributed by atoms with E-state index in [2.05, 4.69) is 52.1 Å². The second kappa shape index (κ2) is 7.16. The number of amides is 1. The van der Waals surface area contributed by atoms with Crippen LogP contribution in [0.5, 0.6) is 0 Å². The predicted octanol–water partition coefficient (Wildman–Crippen LogP) is 3.06. The highest BCUT2D eigenvalue weighted by atomic mass is 16.3. The molecule has 1 aromatic heterocycles. The number of fused-ring (bicyclic) bond motifs is 1. The van der Waals surface area contributed by atoms with Crippen molar-refractivity contribution in [2.24, 2.45) is 0 Å². The molecular formula is C25H23N3O2. The molecule has 0 spiro atoms. The molecule has 2 aliphatic rings. The molecule has 3 aromatic rings. The van der Waals surface area contributed by atoms with E-state index in [1.54, 1.807) is 7.05 Å². The van der Waals surface area contributed by atoms with Gasteiger partial charge in [0, 0.05) is 55.9 Å². The van der Waals surface area contributed by atoms with E-state index in [1.807, 2.05) is 24.4 Å². The van der Waals surface area contributed by atoms with Gasteiger partial charge in [-0.25, -0.2) is 0 Å². The Morgan fingerprint density at radius 1 is 1.07 bits per heavy atom. The van der Waals surface area contributed by atoms with Gasteiger partial charge in [-0.2, -0.15) is 0 Å². The van der Waals surface area contributed by atoms with Crippen molar-refractivity contribution in [1.29, 1.82) is 0 Å². The molecule has 5 rings (SSSR count). The highest BCUT2D eigenvalue weighted by molar-refractivity contribution is 5.95. The standard InChI is InChI=1S/C25H23N3O2/c1-27-15-11-25(30,24(27)29)10-8-18-4-2-5-19(16-18)20-6-7-22-21(17-20)23(9-12-26-22)28-13-3-14-28/h2,4-7,9,12,16-17,30H,3,11,13-15H2,1H3/t25-/m0/s1. The Labute approximate surface area is 176 Å². The number of pyridine rings is 1. The Morgan fingerprint density at radius 3 is 2.63 bits per heavy atom. The lowest BCUT2D eigenvalue weighted by atomic mass is 9.99. The third kappa shape index (κ3) is 3.20. The van der Waals surface area contributed by atoms with Gasteiger partial charge in [-0.15, -0.1) is 0 Å². The Kier molecular flexibility index (Phi) is 4.45. The lowest BCUT2D eigenvalue weighted by Crippen LogP contribution is -2.37. The summed E-state index contributed by atoms with van der Waals surface area (Å²) >= 11 is 0. The summed E-state index contributed by atoms with van der Waals surface area (Å²) in [6.07, 6.45) is 3.44. The molecule has 1 N–H and O–H groups in total. The summed E-state index contributed by atoms with van der Waals surface area (Å²) in [4.78, 5) is 20.6. The molecule has 5 nitrogen and oxygen atoms in total. The van der Waals surface area contributed by atoms with Crippen LogP contribution in [0.3, 0.4) is 0 Å². The molecule has 2 aromatic carbocycles. The van der Waals surface area contributed by atoms with Crippen LogP contribution in [-0.2, 0) is 4.79 Å². The Balaban J connectivity index is 1.50. The molecule has 2 fully saturated rings. The highest BCUT2D eigenvalue weighted by Crippen LogP contribution is 2.32. The van der Waals surface area contributed by atoms with E-state index in [4.69, 9.17) is 0 Å². The molecule has 2 aliphatic heterocycles. The fourth-order valence-electron chi connectivity index (χ4n) is 4.07. The van der Waals surface area contributed by atoms with Crippen LogP contribution in [0.1, 0.15) is 18.4 Å². The second-order valence-electron chi connectivity index (χ2n) is 8.07. The summed E-state index contributed by atoms with van der Waals surface area (Å²) < 4.78 is 0. The smallest absolute Gasteiger partial charge is 0.267 e. The number of anilines is 1. The van der Waals surface area contributed by atoms with Gasteiger partial charge in [0.2, 0.25) is 5.60 Å². The zero-order chi connectivity index (χ0) is 20.7. The third-order valence-electron chi connectivity index (χ3n) is 6.03. The van der Waals surface area contributed by atoms with Gasteiger partial charge in [0.15, 0.2) is 0 Å². The first-order valence-corrected chi connectivity index (χ1v) is 10.3. The highest BCUT2D eigenvalue weighted by Gasteiger charge is 2.42. The number of aromatic nitrogens is 1. The van der Waals surface area contributed by atoms with Crippen LogP contribution < -0.4 is 4.90 Å². The molecule has 150 valence electrons. The topological polar surface area (TPSA) is 56.7 Å². The number of rotatable bonds is 2. The number of hydrogen-bond donors (Lipinski definition) is 1. The number of carbonyl (C=O) groups excluding carboxylic acids is 1. The summed E-state index contributed by atoms with van der Waals surface area (Å²) in [5, 5.41) is 11.7. The van der Waals surface area contributed by atoms with Crippen LogP contribution in [0.2, 0.25) is 0 Å². The Morgan fingerprint density at radius 2 is 1.90 bits per heavy atom. The van der Waals surface area contributed by atoms with Crippen molar-refractivity contribution < 1.29 is 9.90 Å². The first kappa shape index (κ1) is 18.7. The van der Waals surface area contributed by atoms with E-state index < -0.39 is 5.60 Å². The van der Waals surface area contributed by atoms with Gasteiger partial charge in [0.25, 0.3) is 5.91 Å². The molecule has 5 heteroatoms. The van der Waals surface area contributed by atoms with Crippen LogP contribution in [0, 0.1) is 11.8 Å². The van der Waals surface area contributed by atoms with Gasteiger partial charge in [-0.3, -0.25) is 9.78 Å². The molecule has 0 saturated carbocycles. The quantitative estimate of drug-likeness (QED) is 0.676. The maximum Gasteiger partial charge on any atom is 0.267 e. The van der Waals surface area contributed by atoms with Crippen molar-refractivity contribution in [3.8, 4) is 23.0 Å². The van der Waals surface area contributed by atoms with Crippen LogP contribution in [0.4, 0.5) is 5.69 Å². The van der Waals surface area contributed by atoms with Gasteiger partial charge in [0.05, 0.1) is 5.52 Å². The average molecular weight is 397 g/mol. The molecule has 2 saturated heterocycles. The lowest BCUT2D eigenvalue weighted by Gasteiger charge is -2.34. The molecule has 0 unspecified atom stereocenters. The molecular weight excluding hydrogens is 374 g/mol. The zero-order valence-corrected chi connectivity index (χ0v) is 16.9. The van der Waals surface area contributed by atoms with Gasteiger partial charge in [-0.05, 0) is 47.9 Å². The number of aliphatic hydroxyl groups is 1. The average Bonchev–Trinajstić information content (AvgIpc) is 2.99. The number of benzene rings is 2. The second-order valence-corrected chi connectivity index (χ2v) is 8.07. The minimum Gasteiger partial charge on any atom is -0.371 e. The van der Waals surface area contributed by atoms with Crippen LogP contribution in [0.25, 0.3) is 22.0 Å². The van der Waals surface area contributed by atoms with Gasteiger partial charge in [-0.1, -0.05) is 30.0 Å². The minimum atomic E-state index is -1.58. The van der Waals surface area contributed by atoms with Gasteiger partial charge < -0.3 is 14.9 Å². The van der Waals surface area contributed by atoms with Crippen molar-refractivity contribution in [3.05, 3.63) is 60.3 Å². The minimum absolute atomic E-state index is 0.327. The molecule has 3 heterocycles. The first-order valence-electron chi connectivity index (χ1n) is 10.3. The summed E-state index contributed by atoms with van der Waals surface area (Å²) in [5.74, 6) is 5.48. The van der Waals surface area contributed by atoms with E-state index in [-0.39, 0.29) is 5.91 Å². The van der Waals surface area contributed by atoms with Gasteiger partial charge in [0.1, 0.15) is 0 Å². The molecule has 30 heavy (non-hydrogen) atoms. The summed E-state index contributed by atoms with van der Waals surface area (Å²) in [5.41, 5.74) is 3.56. The van der Waals surface area contributed by atoms with Crippen molar-refractivity contribution in [2.45, 2.75) is 18.4 Å². The van der Waals surface area contributed by atoms with Crippen LogP contribution in [0.15, 0.2) is 54.7 Å². The van der Waals surface area contributed by atoms with Gasteiger partial charge >= 0.3 is 0 Å². The van der Waals surface area contributed by atoms with Crippen LogP contribution in [-0.4, -0.2) is 53.2 Å². The van der Waals surface area contributed by atoms with Crippen molar-refractivity contribution >= 4 is 22.5 Å². The van der Waals surface area contributed by atoms with E-state index in [1.165, 1.54) is 17.0 Å². The van der Waals surface area contributed by atoms with E-state index in [9.17, 15) is 9.90 Å². The fourth-order valence-corrected chi connectivity index (χ4v) is 4.07. The number of likely N-dealkylation sites (N-methyl/N-ethyl adjacent to an activating group) is 1. The number of hydrogen-bond acceptors (Lipinski definition) is 4.